The van der Waals surface area contributed by atoms with E-state index >= 15 is 0 Å². The molecule has 0 heterocycles. The van der Waals surface area contributed by atoms with E-state index in [1.165, 1.54) is 116 Å². The number of fused-ring (bicyclic) bond motifs is 1. The molecule has 0 aliphatic heterocycles. The molecule has 1 atom stereocenters. The van der Waals surface area contributed by atoms with Gasteiger partial charge in [-0.1, -0.05) is 172 Å². The van der Waals surface area contributed by atoms with E-state index in [9.17, 15) is 14.0 Å². The van der Waals surface area contributed by atoms with E-state index in [1.807, 2.05) is 42.5 Å². The Bertz CT molecular complexity index is 933. The van der Waals surface area contributed by atoms with Crippen LogP contribution in [0.4, 0.5) is 8.78 Å². The van der Waals surface area contributed by atoms with Crippen LogP contribution in [0.15, 0.2) is 42.5 Å². The lowest BCUT2D eigenvalue weighted by Crippen LogP contribution is -2.25. The van der Waals surface area contributed by atoms with Crippen LogP contribution in [0.1, 0.15) is 160 Å². The molecule has 0 fully saturated rings. The van der Waals surface area contributed by atoms with Gasteiger partial charge in [0.1, 0.15) is 0 Å². The minimum Gasteiger partial charge on any atom is -0.211 e. The molecule has 0 aromatic heterocycles. The van der Waals surface area contributed by atoms with Gasteiger partial charge < -0.3 is 0 Å². The molecule has 0 saturated carbocycles. The Labute approximate surface area is 245 Å². The first-order chi connectivity index (χ1) is 19.6. The molecule has 0 spiro atoms. The number of hydrogen-bond acceptors (Lipinski definition) is 1. The number of halogens is 2. The molecule has 2 aromatic carbocycles. The minimum atomic E-state index is -2.37. The van der Waals surface area contributed by atoms with Crippen molar-refractivity contribution in [1.29, 1.82) is 5.26 Å². The summed E-state index contributed by atoms with van der Waals surface area (Å²) < 4.78 is 26.3. The summed E-state index contributed by atoms with van der Waals surface area (Å²) >= 11 is 0. The van der Waals surface area contributed by atoms with Crippen molar-refractivity contribution in [3.63, 3.8) is 0 Å². The van der Waals surface area contributed by atoms with Crippen LogP contribution in [0.25, 0.3) is 10.8 Å². The van der Waals surface area contributed by atoms with Gasteiger partial charge in [0.15, 0.2) is 0 Å². The first-order valence-electron chi connectivity index (χ1n) is 16.8. The number of rotatable bonds is 25. The molecule has 224 valence electrons. The standard InChI is InChI=1S/C37H57F2N/c1-2-3-4-5-6-7-8-9-10-11-12-13-14-15-16-17-18-19-20-23-29-37(32-40,30-28-36(38)39)35-27-26-33-24-21-22-25-34(33)31-35/h21-22,24-27,31,36H,2-20,23,28-30H2,1H3/t37-/m1/s1. The highest BCUT2D eigenvalue weighted by atomic mass is 19.3. The van der Waals surface area contributed by atoms with Crippen molar-refractivity contribution in [2.24, 2.45) is 0 Å². The number of nitrogens with zero attached hydrogens (tertiary/aromatic N) is 1. The van der Waals surface area contributed by atoms with Crippen molar-refractivity contribution in [2.75, 3.05) is 0 Å². The maximum absolute atomic E-state index is 13.1. The summed E-state index contributed by atoms with van der Waals surface area (Å²) in [5.41, 5.74) is 0.0708. The molecule has 40 heavy (non-hydrogen) atoms. The molecule has 2 rings (SSSR count). The Morgan fingerprint density at radius 2 is 1.05 bits per heavy atom. The van der Waals surface area contributed by atoms with E-state index in [-0.39, 0.29) is 12.8 Å². The number of benzene rings is 2. The molecule has 0 amide bonds. The van der Waals surface area contributed by atoms with E-state index in [1.54, 1.807) is 0 Å². The average molecular weight is 554 g/mol. The number of nitriles is 1. The molecule has 2 aromatic rings. The molecule has 1 nitrogen and oxygen atoms in total. The molecule has 0 unspecified atom stereocenters. The zero-order valence-corrected chi connectivity index (χ0v) is 25.6. The van der Waals surface area contributed by atoms with Crippen molar-refractivity contribution in [1.82, 2.24) is 0 Å². The average Bonchev–Trinajstić information content (AvgIpc) is 2.97. The SMILES string of the molecule is CCCCCCCCCCCCCCCCCCCCCC[C@](C#N)(CCC(F)F)c1ccc2ccccc2c1. The molecular weight excluding hydrogens is 496 g/mol. The van der Waals surface area contributed by atoms with E-state index < -0.39 is 11.8 Å². The van der Waals surface area contributed by atoms with E-state index in [0.717, 1.165) is 29.2 Å². The molecular formula is C37H57F2N. The minimum absolute atomic E-state index is 0.221. The van der Waals surface area contributed by atoms with Crippen LogP contribution in [0, 0.1) is 11.3 Å². The zero-order valence-electron chi connectivity index (χ0n) is 25.6. The third-order valence-corrected chi connectivity index (χ3v) is 8.76. The van der Waals surface area contributed by atoms with Gasteiger partial charge in [0, 0.05) is 6.42 Å². The Kier molecular flexibility index (Phi) is 18.6. The summed E-state index contributed by atoms with van der Waals surface area (Å²) in [6.07, 6.45) is 25.0. The van der Waals surface area contributed by atoms with Gasteiger partial charge in [-0.25, -0.2) is 8.78 Å². The topological polar surface area (TPSA) is 23.8 Å². The normalized spacial score (nSPS) is 13.1. The third kappa shape index (κ3) is 14.1. The lowest BCUT2D eigenvalue weighted by Gasteiger charge is -2.28. The Morgan fingerprint density at radius 3 is 1.50 bits per heavy atom. The number of hydrogen-bond donors (Lipinski definition) is 0. The summed E-state index contributed by atoms with van der Waals surface area (Å²) in [7, 11) is 0. The molecule has 0 bridgehead atoms. The van der Waals surface area contributed by atoms with Crippen LogP contribution in [0.5, 0.6) is 0 Å². The first kappa shape index (κ1) is 34.3. The van der Waals surface area contributed by atoms with Crippen LogP contribution in [-0.4, -0.2) is 6.43 Å². The van der Waals surface area contributed by atoms with Gasteiger partial charge in [0.2, 0.25) is 6.43 Å². The molecule has 0 saturated heterocycles. The van der Waals surface area contributed by atoms with Crippen molar-refractivity contribution >= 4 is 10.8 Å². The summed E-state index contributed by atoms with van der Waals surface area (Å²) in [4.78, 5) is 0. The van der Waals surface area contributed by atoms with Gasteiger partial charge in [-0.2, -0.15) is 5.26 Å². The largest absolute Gasteiger partial charge is 0.238 e. The van der Waals surface area contributed by atoms with Crippen LogP contribution >= 0.6 is 0 Å². The van der Waals surface area contributed by atoms with E-state index in [4.69, 9.17) is 0 Å². The highest BCUT2D eigenvalue weighted by Crippen LogP contribution is 2.37. The van der Waals surface area contributed by atoms with Crippen LogP contribution in [-0.2, 0) is 5.41 Å². The maximum Gasteiger partial charge on any atom is 0.238 e. The summed E-state index contributed by atoms with van der Waals surface area (Å²) in [5.74, 6) is 0. The Morgan fingerprint density at radius 1 is 0.600 bits per heavy atom. The lowest BCUT2D eigenvalue weighted by atomic mass is 9.73. The molecule has 3 heteroatoms. The molecule has 0 aliphatic carbocycles. The maximum atomic E-state index is 13.1. The monoisotopic (exact) mass is 553 g/mol. The van der Waals surface area contributed by atoms with Crippen LogP contribution in [0.3, 0.4) is 0 Å². The Hall–Kier alpha value is -1.95. The first-order valence-corrected chi connectivity index (χ1v) is 16.8. The van der Waals surface area contributed by atoms with Crippen molar-refractivity contribution < 1.29 is 8.78 Å². The van der Waals surface area contributed by atoms with Gasteiger partial charge in [0.25, 0.3) is 0 Å². The second kappa shape index (κ2) is 21.8. The van der Waals surface area contributed by atoms with Gasteiger partial charge in [-0.3, -0.25) is 0 Å². The predicted molar refractivity (Wildman–Crippen MR) is 169 cm³/mol. The van der Waals surface area contributed by atoms with Crippen molar-refractivity contribution in [3.05, 3.63) is 48.0 Å². The fourth-order valence-corrected chi connectivity index (χ4v) is 6.11. The van der Waals surface area contributed by atoms with Gasteiger partial charge in [-0.15, -0.1) is 0 Å². The summed E-state index contributed by atoms with van der Waals surface area (Å²) in [5, 5.41) is 12.4. The highest BCUT2D eigenvalue weighted by Gasteiger charge is 2.32. The summed E-state index contributed by atoms with van der Waals surface area (Å²) in [6, 6.07) is 16.6. The van der Waals surface area contributed by atoms with Crippen molar-refractivity contribution in [3.8, 4) is 6.07 Å². The van der Waals surface area contributed by atoms with Gasteiger partial charge in [-0.05, 0) is 35.2 Å². The second-order valence-electron chi connectivity index (χ2n) is 12.2. The molecule has 0 N–H and O–H groups in total. The zero-order chi connectivity index (χ0) is 28.7. The fourth-order valence-electron chi connectivity index (χ4n) is 6.11. The third-order valence-electron chi connectivity index (χ3n) is 8.76. The summed E-state index contributed by atoms with van der Waals surface area (Å²) in [6.45, 7) is 2.28. The predicted octanol–water partition coefficient (Wildman–Crippen LogP) is 12.9. The number of unbranched alkanes of at least 4 members (excludes halogenated alkanes) is 19. The lowest BCUT2D eigenvalue weighted by molar-refractivity contribution is 0.126. The van der Waals surface area contributed by atoms with Crippen LogP contribution < -0.4 is 0 Å². The van der Waals surface area contributed by atoms with Gasteiger partial charge >= 0.3 is 0 Å². The van der Waals surface area contributed by atoms with Crippen LogP contribution in [0.2, 0.25) is 0 Å². The second-order valence-corrected chi connectivity index (χ2v) is 12.2. The van der Waals surface area contributed by atoms with E-state index in [0.29, 0.717) is 6.42 Å². The van der Waals surface area contributed by atoms with E-state index in [2.05, 4.69) is 13.0 Å². The van der Waals surface area contributed by atoms with Crippen molar-refractivity contribution in [2.45, 2.75) is 166 Å². The molecule has 0 radical (unpaired) electrons. The number of alkyl halides is 2. The highest BCUT2D eigenvalue weighted by molar-refractivity contribution is 5.83. The quantitative estimate of drug-likeness (QED) is 0.112. The smallest absolute Gasteiger partial charge is 0.211 e. The molecule has 0 aliphatic rings. The Balaban J connectivity index is 1.53. The van der Waals surface area contributed by atoms with Gasteiger partial charge in [0.05, 0.1) is 11.5 Å². The fraction of sp³-hybridized carbons (Fsp3) is 0.703.